The quantitative estimate of drug-likeness (QED) is 0.847. The van der Waals surface area contributed by atoms with Gasteiger partial charge in [-0.25, -0.2) is 4.68 Å². The van der Waals surface area contributed by atoms with Gasteiger partial charge in [0.05, 0.1) is 12.1 Å². The van der Waals surface area contributed by atoms with E-state index < -0.39 is 0 Å². The maximum absolute atomic E-state index is 5.57. The molecule has 2 fully saturated rings. The van der Waals surface area contributed by atoms with Crippen LogP contribution in [-0.2, 0) is 4.74 Å². The summed E-state index contributed by atoms with van der Waals surface area (Å²) in [5.74, 6) is 1.57. The first-order chi connectivity index (χ1) is 11.8. The molecule has 1 aliphatic heterocycles. The molecule has 24 heavy (non-hydrogen) atoms. The van der Waals surface area contributed by atoms with Crippen molar-refractivity contribution in [3.05, 3.63) is 41.7 Å². The summed E-state index contributed by atoms with van der Waals surface area (Å²) in [5.41, 5.74) is 1.32. The van der Waals surface area contributed by atoms with Crippen molar-refractivity contribution in [1.82, 2.24) is 25.5 Å². The number of hydrogen-bond acceptors (Lipinski definition) is 5. The molecular formula is C18H25N5O. The molecule has 2 aliphatic rings. The highest BCUT2D eigenvalue weighted by molar-refractivity contribution is 5.19. The minimum Gasteiger partial charge on any atom is -0.381 e. The van der Waals surface area contributed by atoms with Crippen molar-refractivity contribution in [3.8, 4) is 0 Å². The Morgan fingerprint density at radius 1 is 1.25 bits per heavy atom. The Bertz CT molecular complexity index is 648. The van der Waals surface area contributed by atoms with Gasteiger partial charge in [-0.1, -0.05) is 30.3 Å². The molecule has 2 heterocycles. The fourth-order valence-electron chi connectivity index (χ4n) is 3.53. The summed E-state index contributed by atoms with van der Waals surface area (Å²) in [4.78, 5) is 0. The Hall–Kier alpha value is -1.79. The van der Waals surface area contributed by atoms with Crippen LogP contribution >= 0.6 is 0 Å². The van der Waals surface area contributed by atoms with E-state index in [9.17, 15) is 0 Å². The van der Waals surface area contributed by atoms with Gasteiger partial charge in [0.15, 0.2) is 5.82 Å². The summed E-state index contributed by atoms with van der Waals surface area (Å²) < 4.78 is 7.56. The molecule has 6 heteroatoms. The molecule has 0 spiro atoms. The molecule has 128 valence electrons. The van der Waals surface area contributed by atoms with Gasteiger partial charge >= 0.3 is 0 Å². The molecule has 3 atom stereocenters. The van der Waals surface area contributed by atoms with E-state index in [2.05, 4.69) is 58.1 Å². The van der Waals surface area contributed by atoms with E-state index in [1.165, 1.54) is 18.4 Å². The standard InChI is InChI=1S/C18H25N5O/c1-13(18-20-21-22-23(18)16-7-8-16)19-17(11-14-9-10-24-12-14)15-5-3-2-4-6-15/h2-6,13-14,16-17,19H,7-12H2,1H3. The first-order valence-electron chi connectivity index (χ1n) is 8.97. The Morgan fingerprint density at radius 3 is 2.79 bits per heavy atom. The molecule has 0 amide bonds. The number of benzene rings is 1. The monoisotopic (exact) mass is 327 g/mol. The smallest absolute Gasteiger partial charge is 0.168 e. The summed E-state index contributed by atoms with van der Waals surface area (Å²) in [7, 11) is 0. The van der Waals surface area contributed by atoms with Crippen molar-refractivity contribution < 1.29 is 4.74 Å². The van der Waals surface area contributed by atoms with Crippen LogP contribution in [0.2, 0.25) is 0 Å². The predicted molar refractivity (Wildman–Crippen MR) is 90.4 cm³/mol. The number of rotatable bonds is 7. The highest BCUT2D eigenvalue weighted by Gasteiger charge is 2.31. The maximum atomic E-state index is 5.57. The largest absolute Gasteiger partial charge is 0.381 e. The van der Waals surface area contributed by atoms with Crippen molar-refractivity contribution in [3.63, 3.8) is 0 Å². The van der Waals surface area contributed by atoms with Crippen molar-refractivity contribution in [2.24, 2.45) is 5.92 Å². The lowest BCUT2D eigenvalue weighted by Crippen LogP contribution is -2.29. The molecular weight excluding hydrogens is 302 g/mol. The van der Waals surface area contributed by atoms with Gasteiger partial charge in [0.25, 0.3) is 0 Å². The van der Waals surface area contributed by atoms with E-state index in [1.54, 1.807) is 0 Å². The van der Waals surface area contributed by atoms with Gasteiger partial charge in [0.1, 0.15) is 0 Å². The Balaban J connectivity index is 1.50. The van der Waals surface area contributed by atoms with Gasteiger partial charge in [-0.2, -0.15) is 0 Å². The summed E-state index contributed by atoms with van der Waals surface area (Å²) in [6.07, 6.45) is 4.61. The van der Waals surface area contributed by atoms with Gasteiger partial charge in [-0.15, -0.1) is 5.10 Å². The van der Waals surface area contributed by atoms with E-state index in [0.29, 0.717) is 12.0 Å². The van der Waals surface area contributed by atoms with Gasteiger partial charge in [-0.3, -0.25) is 0 Å². The number of nitrogens with one attached hydrogen (secondary N) is 1. The number of nitrogens with zero attached hydrogens (tertiary/aromatic N) is 4. The number of tetrazole rings is 1. The molecule has 6 nitrogen and oxygen atoms in total. The molecule has 4 rings (SSSR count). The van der Waals surface area contributed by atoms with Crippen LogP contribution in [0.1, 0.15) is 62.1 Å². The molecule has 2 aromatic rings. The van der Waals surface area contributed by atoms with E-state index in [1.807, 2.05) is 4.68 Å². The molecule has 1 saturated heterocycles. The van der Waals surface area contributed by atoms with Crippen LogP contribution in [0.3, 0.4) is 0 Å². The van der Waals surface area contributed by atoms with Crippen LogP contribution in [0.5, 0.6) is 0 Å². The second-order valence-electron chi connectivity index (χ2n) is 7.03. The summed E-state index contributed by atoms with van der Waals surface area (Å²) >= 11 is 0. The zero-order chi connectivity index (χ0) is 16.4. The molecule has 3 unspecified atom stereocenters. The normalized spacial score (nSPS) is 23.3. The second-order valence-corrected chi connectivity index (χ2v) is 7.03. The molecule has 1 aromatic heterocycles. The Morgan fingerprint density at radius 2 is 2.08 bits per heavy atom. The summed E-state index contributed by atoms with van der Waals surface area (Å²) in [6.45, 7) is 3.92. The van der Waals surface area contributed by atoms with Gasteiger partial charge < -0.3 is 10.1 Å². The van der Waals surface area contributed by atoms with Crippen LogP contribution in [0.15, 0.2) is 30.3 Å². The lowest BCUT2D eigenvalue weighted by molar-refractivity contribution is 0.180. The third-order valence-corrected chi connectivity index (χ3v) is 5.04. The van der Waals surface area contributed by atoms with Crippen molar-refractivity contribution in [2.75, 3.05) is 13.2 Å². The lowest BCUT2D eigenvalue weighted by Gasteiger charge is -2.25. The summed E-state index contributed by atoms with van der Waals surface area (Å²) in [6, 6.07) is 11.6. The van der Waals surface area contributed by atoms with Gasteiger partial charge in [0.2, 0.25) is 0 Å². The van der Waals surface area contributed by atoms with Gasteiger partial charge in [0, 0.05) is 19.3 Å². The van der Waals surface area contributed by atoms with Crippen LogP contribution in [-0.4, -0.2) is 33.4 Å². The molecule has 1 aromatic carbocycles. The fraction of sp³-hybridized carbons (Fsp3) is 0.611. The highest BCUT2D eigenvalue weighted by atomic mass is 16.5. The first-order valence-corrected chi connectivity index (χ1v) is 8.97. The number of hydrogen-bond donors (Lipinski definition) is 1. The molecule has 1 aliphatic carbocycles. The molecule has 1 N–H and O–H groups in total. The van der Waals surface area contributed by atoms with Crippen LogP contribution in [0, 0.1) is 5.92 Å². The Labute approximate surface area is 142 Å². The first kappa shape index (κ1) is 15.7. The lowest BCUT2D eigenvalue weighted by atomic mass is 9.93. The highest BCUT2D eigenvalue weighted by Crippen LogP contribution is 2.36. The van der Waals surface area contributed by atoms with E-state index in [4.69, 9.17) is 4.74 Å². The van der Waals surface area contributed by atoms with Crippen molar-refractivity contribution in [2.45, 2.75) is 50.7 Å². The van der Waals surface area contributed by atoms with Crippen molar-refractivity contribution >= 4 is 0 Å². The fourth-order valence-corrected chi connectivity index (χ4v) is 3.53. The molecule has 0 radical (unpaired) electrons. The van der Waals surface area contributed by atoms with Crippen LogP contribution in [0.25, 0.3) is 0 Å². The number of ether oxygens (including phenoxy) is 1. The minimum absolute atomic E-state index is 0.119. The Kier molecular flexibility index (Phi) is 4.58. The maximum Gasteiger partial charge on any atom is 0.168 e. The topological polar surface area (TPSA) is 64.9 Å². The van der Waals surface area contributed by atoms with Crippen LogP contribution < -0.4 is 5.32 Å². The second kappa shape index (κ2) is 6.99. The molecule has 0 bridgehead atoms. The minimum atomic E-state index is 0.119. The van der Waals surface area contributed by atoms with E-state index in [0.717, 1.165) is 31.9 Å². The SMILES string of the molecule is CC(NC(CC1CCOC1)c1ccccc1)c1nnnn1C1CC1. The average Bonchev–Trinajstić information content (AvgIpc) is 3.11. The third-order valence-electron chi connectivity index (χ3n) is 5.04. The molecule has 1 saturated carbocycles. The zero-order valence-corrected chi connectivity index (χ0v) is 14.1. The number of aromatic nitrogens is 4. The average molecular weight is 327 g/mol. The zero-order valence-electron chi connectivity index (χ0n) is 14.1. The third kappa shape index (κ3) is 3.49. The van der Waals surface area contributed by atoms with Crippen LogP contribution in [0.4, 0.5) is 0 Å². The van der Waals surface area contributed by atoms with E-state index in [-0.39, 0.29) is 12.1 Å². The van der Waals surface area contributed by atoms with E-state index >= 15 is 0 Å². The summed E-state index contributed by atoms with van der Waals surface area (Å²) in [5, 5.41) is 16.1. The van der Waals surface area contributed by atoms with Gasteiger partial charge in [-0.05, 0) is 54.5 Å². The van der Waals surface area contributed by atoms with Crippen molar-refractivity contribution in [1.29, 1.82) is 0 Å². The predicted octanol–water partition coefficient (Wildman–Crippen LogP) is 2.83.